The molecule has 0 radical (unpaired) electrons. The summed E-state index contributed by atoms with van der Waals surface area (Å²) in [4.78, 5) is 26.4. The fourth-order valence-electron chi connectivity index (χ4n) is 8.14. The van der Waals surface area contributed by atoms with Gasteiger partial charge in [-0.2, -0.15) is 0 Å². The predicted octanol–water partition coefficient (Wildman–Crippen LogP) is 16.5. The molecule has 4 nitrogen and oxygen atoms in total. The van der Waals surface area contributed by atoms with E-state index in [-0.39, 0.29) is 5.91 Å². The van der Waals surface area contributed by atoms with E-state index in [9.17, 15) is 9.59 Å². The monoisotopic (exact) mass is 809 g/mol. The summed E-state index contributed by atoms with van der Waals surface area (Å²) >= 11 is 0. The van der Waals surface area contributed by atoms with Crippen LogP contribution in [-0.4, -0.2) is 29.8 Å². The molecule has 0 aliphatic carbocycles. The first-order valence-electron chi connectivity index (χ1n) is 26.1. The molecule has 0 rings (SSSR count). The van der Waals surface area contributed by atoms with Crippen LogP contribution in [0.25, 0.3) is 0 Å². The Morgan fingerprint density at radius 2 is 0.603 bits per heavy atom. The van der Waals surface area contributed by atoms with Crippen molar-refractivity contribution >= 4 is 11.8 Å². The van der Waals surface area contributed by atoms with E-state index >= 15 is 0 Å². The highest BCUT2D eigenvalue weighted by Gasteiger charge is 2.12. The zero-order valence-electron chi connectivity index (χ0n) is 39.4. The SMILES string of the molecule is CCCCCCCCCCCCCCCCN(CCCCCCCCCCCCCCCC)C(=O)CCCCCCCCC#CC#CCCCCCCCCC(N)=O. The van der Waals surface area contributed by atoms with Gasteiger partial charge in [-0.1, -0.05) is 244 Å². The van der Waals surface area contributed by atoms with Gasteiger partial charge in [0.1, 0.15) is 0 Å². The molecule has 0 unspecified atom stereocenters. The highest BCUT2D eigenvalue weighted by molar-refractivity contribution is 5.76. The lowest BCUT2D eigenvalue weighted by Gasteiger charge is -2.23. The number of rotatable bonds is 46. The molecule has 0 bridgehead atoms. The maximum Gasteiger partial charge on any atom is 0.222 e. The van der Waals surface area contributed by atoms with E-state index in [1.54, 1.807) is 0 Å². The van der Waals surface area contributed by atoms with Crippen LogP contribution in [0.15, 0.2) is 0 Å². The number of carbonyl (C=O) groups is 2. The van der Waals surface area contributed by atoms with Crippen molar-refractivity contribution in [3.05, 3.63) is 0 Å². The van der Waals surface area contributed by atoms with Crippen LogP contribution in [0.3, 0.4) is 0 Å². The van der Waals surface area contributed by atoms with Crippen molar-refractivity contribution in [3.8, 4) is 23.7 Å². The third-order valence-corrected chi connectivity index (χ3v) is 12.1. The van der Waals surface area contributed by atoms with Gasteiger partial charge in [-0.25, -0.2) is 0 Å². The van der Waals surface area contributed by atoms with E-state index < -0.39 is 0 Å². The number of carbonyl (C=O) groups excluding carboxylic acids is 2. The topological polar surface area (TPSA) is 63.4 Å². The molecule has 0 aliphatic rings. The Kier molecular flexibility index (Phi) is 47.8. The smallest absolute Gasteiger partial charge is 0.222 e. The third-order valence-electron chi connectivity index (χ3n) is 12.1. The second-order valence-corrected chi connectivity index (χ2v) is 17.9. The van der Waals surface area contributed by atoms with Crippen LogP contribution in [0.2, 0.25) is 0 Å². The summed E-state index contributed by atoms with van der Waals surface area (Å²) in [6, 6.07) is 0. The number of primary amides is 1. The van der Waals surface area contributed by atoms with Gasteiger partial charge in [0.2, 0.25) is 11.8 Å². The fourth-order valence-corrected chi connectivity index (χ4v) is 8.14. The van der Waals surface area contributed by atoms with Crippen molar-refractivity contribution in [2.75, 3.05) is 13.1 Å². The Bertz CT molecular complexity index is 952. The highest BCUT2D eigenvalue weighted by atomic mass is 16.2. The molecule has 2 amide bonds. The molecule has 0 saturated carbocycles. The first kappa shape index (κ1) is 56.1. The van der Waals surface area contributed by atoms with Gasteiger partial charge in [-0.3, -0.25) is 9.59 Å². The number of hydrogen-bond acceptors (Lipinski definition) is 2. The summed E-state index contributed by atoms with van der Waals surface area (Å²) in [5.74, 6) is 12.7. The number of amides is 2. The molecule has 58 heavy (non-hydrogen) atoms. The van der Waals surface area contributed by atoms with E-state index in [0.29, 0.717) is 12.3 Å². The van der Waals surface area contributed by atoms with Gasteiger partial charge >= 0.3 is 0 Å². The van der Waals surface area contributed by atoms with Crippen molar-refractivity contribution < 1.29 is 9.59 Å². The van der Waals surface area contributed by atoms with Crippen molar-refractivity contribution in [1.82, 2.24) is 4.90 Å². The molecule has 0 heterocycles. The molecule has 0 spiro atoms. The average Bonchev–Trinajstić information content (AvgIpc) is 3.22. The standard InChI is InChI=1S/C54H100N2O2/c1-3-5-7-9-11-13-15-17-27-31-35-39-43-47-51-56(52-48-44-40-36-32-28-18-16-14-12-10-8-6-4-2)54(58)50-46-42-38-34-30-26-24-22-20-19-21-23-25-29-33-37-41-45-49-53(55)57/h3-18,23-52H2,1-2H3,(H2,55,57). The van der Waals surface area contributed by atoms with E-state index in [1.807, 2.05) is 0 Å². The van der Waals surface area contributed by atoms with E-state index in [1.165, 1.54) is 225 Å². The number of hydrogen-bond donors (Lipinski definition) is 1. The largest absolute Gasteiger partial charge is 0.370 e. The van der Waals surface area contributed by atoms with Gasteiger partial charge in [-0.15, -0.1) is 0 Å². The molecular formula is C54H100N2O2. The van der Waals surface area contributed by atoms with E-state index in [2.05, 4.69) is 42.4 Å². The minimum absolute atomic E-state index is 0.187. The molecule has 4 heteroatoms. The molecule has 2 N–H and O–H groups in total. The number of nitrogens with two attached hydrogens (primary N) is 1. The van der Waals surface area contributed by atoms with Gasteiger partial charge in [0.25, 0.3) is 0 Å². The molecule has 0 aromatic heterocycles. The summed E-state index contributed by atoms with van der Waals surface area (Å²) < 4.78 is 0. The van der Waals surface area contributed by atoms with E-state index in [0.717, 1.165) is 64.5 Å². The van der Waals surface area contributed by atoms with Gasteiger partial charge < -0.3 is 10.6 Å². The number of nitrogens with zero attached hydrogens (tertiary/aromatic N) is 1. The van der Waals surface area contributed by atoms with Crippen molar-refractivity contribution in [3.63, 3.8) is 0 Å². The molecule has 0 aromatic rings. The van der Waals surface area contributed by atoms with Crippen LogP contribution in [0.1, 0.15) is 296 Å². The summed E-state index contributed by atoms with van der Waals surface area (Å²) in [6.45, 7) is 6.54. The molecule has 0 aliphatic heterocycles. The Hall–Kier alpha value is -1.94. The Morgan fingerprint density at radius 1 is 0.345 bits per heavy atom. The first-order valence-corrected chi connectivity index (χ1v) is 26.1. The van der Waals surface area contributed by atoms with Gasteiger partial charge in [0.05, 0.1) is 0 Å². The van der Waals surface area contributed by atoms with Gasteiger partial charge in [0.15, 0.2) is 0 Å². The second kappa shape index (κ2) is 49.4. The van der Waals surface area contributed by atoms with Crippen molar-refractivity contribution in [1.29, 1.82) is 0 Å². The van der Waals surface area contributed by atoms with Crippen LogP contribution in [0.4, 0.5) is 0 Å². The predicted molar refractivity (Wildman–Crippen MR) is 256 cm³/mol. The summed E-state index contributed by atoms with van der Waals surface area (Å²) in [7, 11) is 0. The van der Waals surface area contributed by atoms with Crippen molar-refractivity contribution in [2.45, 2.75) is 296 Å². The summed E-state index contributed by atoms with van der Waals surface area (Å²) in [5.41, 5.74) is 5.18. The van der Waals surface area contributed by atoms with Gasteiger partial charge in [0, 0.05) is 38.8 Å². The lowest BCUT2D eigenvalue weighted by atomic mass is 10.0. The van der Waals surface area contributed by atoms with Crippen LogP contribution in [0, 0.1) is 23.7 Å². The van der Waals surface area contributed by atoms with Crippen LogP contribution < -0.4 is 5.73 Å². The molecule has 0 saturated heterocycles. The lowest BCUT2D eigenvalue weighted by molar-refractivity contribution is -0.131. The minimum Gasteiger partial charge on any atom is -0.370 e. The van der Waals surface area contributed by atoms with Crippen LogP contribution >= 0.6 is 0 Å². The Morgan fingerprint density at radius 3 is 0.914 bits per heavy atom. The van der Waals surface area contributed by atoms with Crippen LogP contribution in [0.5, 0.6) is 0 Å². The van der Waals surface area contributed by atoms with Crippen molar-refractivity contribution in [2.24, 2.45) is 5.73 Å². The third kappa shape index (κ3) is 46.7. The fraction of sp³-hybridized carbons (Fsp3) is 0.889. The molecule has 0 aromatic carbocycles. The Balaban J connectivity index is 4.14. The molecule has 0 fully saturated rings. The second-order valence-electron chi connectivity index (χ2n) is 17.9. The maximum absolute atomic E-state index is 13.4. The minimum atomic E-state index is -0.187. The average molecular weight is 809 g/mol. The molecule has 338 valence electrons. The summed E-state index contributed by atoms with van der Waals surface area (Å²) in [6.07, 6.45) is 55.5. The summed E-state index contributed by atoms with van der Waals surface area (Å²) in [5, 5.41) is 0. The Labute approximate surface area is 364 Å². The molecular weight excluding hydrogens is 709 g/mol. The zero-order valence-corrected chi connectivity index (χ0v) is 39.4. The number of unbranched alkanes of at least 4 members (excludes halogenated alkanes) is 38. The normalized spacial score (nSPS) is 10.9. The van der Waals surface area contributed by atoms with Crippen LogP contribution in [-0.2, 0) is 9.59 Å². The van der Waals surface area contributed by atoms with Gasteiger partial charge in [-0.05, 0) is 50.4 Å². The first-order chi connectivity index (χ1) is 28.6. The zero-order chi connectivity index (χ0) is 42.1. The lowest BCUT2D eigenvalue weighted by Crippen LogP contribution is -2.32. The molecule has 0 atom stereocenters. The quantitative estimate of drug-likeness (QED) is 0.0492. The van der Waals surface area contributed by atoms with E-state index in [4.69, 9.17) is 5.73 Å². The maximum atomic E-state index is 13.4. The highest BCUT2D eigenvalue weighted by Crippen LogP contribution is 2.17.